The summed E-state index contributed by atoms with van der Waals surface area (Å²) in [6, 6.07) is 3.60. The lowest BCUT2D eigenvalue weighted by molar-refractivity contribution is -0.140. The quantitative estimate of drug-likeness (QED) is 0.231. The number of hydrogen-bond acceptors (Lipinski definition) is 7. The van der Waals surface area contributed by atoms with E-state index >= 15 is 0 Å². The molecule has 2 aliphatic carbocycles. The highest BCUT2D eigenvalue weighted by Crippen LogP contribution is 2.45. The van der Waals surface area contributed by atoms with Gasteiger partial charge in [0.25, 0.3) is 0 Å². The molecule has 4 aromatic heterocycles. The van der Waals surface area contributed by atoms with E-state index in [1.807, 2.05) is 37.6 Å². The number of fused-ring (bicyclic) bond motifs is 2. The molecular weight excluding hydrogens is 545 g/mol. The molecule has 0 spiro atoms. The van der Waals surface area contributed by atoms with Crippen LogP contribution in [0.25, 0.3) is 39.5 Å². The zero-order valence-electron chi connectivity index (χ0n) is 23.7. The van der Waals surface area contributed by atoms with Gasteiger partial charge in [-0.15, -0.1) is 0 Å². The van der Waals surface area contributed by atoms with Crippen molar-refractivity contribution in [3.63, 3.8) is 0 Å². The van der Waals surface area contributed by atoms with E-state index in [1.165, 1.54) is 6.33 Å². The first-order valence-corrected chi connectivity index (χ1v) is 14.1. The molecule has 42 heavy (non-hydrogen) atoms. The largest absolute Gasteiger partial charge is 0.480 e. The first-order valence-electron chi connectivity index (χ1n) is 14.1. The second kappa shape index (κ2) is 9.60. The third-order valence-corrected chi connectivity index (χ3v) is 8.14. The normalized spacial score (nSPS) is 15.1. The van der Waals surface area contributed by atoms with E-state index in [1.54, 1.807) is 17.9 Å². The third-order valence-electron chi connectivity index (χ3n) is 8.14. The van der Waals surface area contributed by atoms with Gasteiger partial charge in [-0.1, -0.05) is 0 Å². The van der Waals surface area contributed by atoms with Crippen molar-refractivity contribution in [1.29, 1.82) is 0 Å². The van der Waals surface area contributed by atoms with Crippen LogP contribution >= 0.6 is 0 Å². The molecule has 216 valence electrons. The van der Waals surface area contributed by atoms with Gasteiger partial charge in [0.15, 0.2) is 17.2 Å². The molecule has 0 unspecified atom stereocenters. The Morgan fingerprint density at radius 3 is 2.52 bits per heavy atom. The number of methoxy groups -OCH3 is 1. The third kappa shape index (κ3) is 4.23. The highest BCUT2D eigenvalue weighted by Gasteiger charge is 2.36. The molecule has 4 heterocycles. The van der Waals surface area contributed by atoms with Crippen molar-refractivity contribution in [3.05, 3.63) is 59.1 Å². The van der Waals surface area contributed by atoms with Gasteiger partial charge in [-0.3, -0.25) is 0 Å². The first-order chi connectivity index (χ1) is 20.2. The minimum Gasteiger partial charge on any atom is -0.480 e. The summed E-state index contributed by atoms with van der Waals surface area (Å²) in [7, 11) is 1.57. The summed E-state index contributed by atoms with van der Waals surface area (Å²) >= 11 is 0. The molecule has 7 rings (SSSR count). The molecule has 2 aliphatic rings. The van der Waals surface area contributed by atoms with Crippen molar-refractivity contribution in [3.8, 4) is 34.3 Å². The molecule has 12 heteroatoms. The van der Waals surface area contributed by atoms with Crippen molar-refractivity contribution in [2.45, 2.75) is 71.0 Å². The lowest BCUT2D eigenvalue weighted by atomic mass is 10.0. The maximum Gasteiger partial charge on any atom is 0.434 e. The van der Waals surface area contributed by atoms with Gasteiger partial charge in [0.1, 0.15) is 17.7 Å². The molecular formula is C30H29F3N8O. The van der Waals surface area contributed by atoms with E-state index < -0.39 is 11.9 Å². The number of imidazole rings is 1. The van der Waals surface area contributed by atoms with Gasteiger partial charge in [0, 0.05) is 29.9 Å². The van der Waals surface area contributed by atoms with Crippen molar-refractivity contribution >= 4 is 11.0 Å². The van der Waals surface area contributed by atoms with E-state index in [0.29, 0.717) is 34.7 Å². The Bertz CT molecular complexity index is 1850. The number of alkyl halides is 3. The number of nitrogens with zero attached hydrogens (tertiary/aromatic N) is 8. The van der Waals surface area contributed by atoms with Crippen LogP contribution in [0.4, 0.5) is 13.2 Å². The van der Waals surface area contributed by atoms with Gasteiger partial charge in [-0.05, 0) is 76.1 Å². The number of hydrogen-bond donors (Lipinski definition) is 0. The van der Waals surface area contributed by atoms with Crippen LogP contribution in [0, 0.1) is 6.92 Å². The summed E-state index contributed by atoms with van der Waals surface area (Å²) in [5.41, 5.74) is 5.72. The molecule has 9 nitrogen and oxygen atoms in total. The van der Waals surface area contributed by atoms with Crippen LogP contribution in [0.15, 0.2) is 30.9 Å². The Balaban J connectivity index is 1.40. The van der Waals surface area contributed by atoms with Gasteiger partial charge in [0.2, 0.25) is 5.88 Å². The van der Waals surface area contributed by atoms with Crippen molar-refractivity contribution < 1.29 is 17.9 Å². The average molecular weight is 575 g/mol. The van der Waals surface area contributed by atoms with Gasteiger partial charge in [0.05, 0.1) is 29.6 Å². The fourth-order valence-electron chi connectivity index (χ4n) is 5.96. The molecule has 0 saturated heterocycles. The molecule has 0 aliphatic heterocycles. The summed E-state index contributed by atoms with van der Waals surface area (Å²) in [4.78, 5) is 22.6. The monoisotopic (exact) mass is 574 g/mol. The van der Waals surface area contributed by atoms with Crippen molar-refractivity contribution in [2.75, 3.05) is 7.11 Å². The second-order valence-corrected chi connectivity index (χ2v) is 11.2. The van der Waals surface area contributed by atoms with Crippen LogP contribution in [0.2, 0.25) is 0 Å². The SMILES string of the molecule is COc1ncnc(C2CC2)c1-c1ncc2c(C)nn(-c3ccc(-c4nc(C(F)(F)F)cn4C(C)C)c4c3CCC4)c2n1. The molecule has 0 radical (unpaired) electrons. The van der Waals surface area contributed by atoms with E-state index in [0.717, 1.165) is 77.5 Å². The Morgan fingerprint density at radius 2 is 1.81 bits per heavy atom. The Hall–Kier alpha value is -4.35. The Labute approximate surface area is 239 Å². The minimum atomic E-state index is -4.52. The standard InChI is InChI=1S/C30H29F3N8O/c1-15(2)40-13-23(30(31,32)33)37-27(40)20-10-11-22(19-7-5-6-18(19)20)41-28-21(16(3)39-41)12-34-26(38-28)24-25(17-8-9-17)35-14-36-29(24)42-4/h10-15,17H,5-9H2,1-4H3. The lowest BCUT2D eigenvalue weighted by Crippen LogP contribution is -2.07. The molecule has 1 saturated carbocycles. The maximum absolute atomic E-state index is 13.6. The van der Waals surface area contributed by atoms with E-state index in [9.17, 15) is 13.2 Å². The fourth-order valence-corrected chi connectivity index (χ4v) is 5.96. The summed E-state index contributed by atoms with van der Waals surface area (Å²) in [6.45, 7) is 5.63. The van der Waals surface area contributed by atoms with Crippen LogP contribution in [0.3, 0.4) is 0 Å². The molecule has 0 bridgehead atoms. The van der Waals surface area contributed by atoms with Gasteiger partial charge < -0.3 is 9.30 Å². The highest BCUT2D eigenvalue weighted by molar-refractivity contribution is 5.82. The number of rotatable bonds is 6. The fraction of sp³-hybridized carbons (Fsp3) is 0.400. The highest BCUT2D eigenvalue weighted by atomic mass is 19.4. The second-order valence-electron chi connectivity index (χ2n) is 11.2. The van der Waals surface area contributed by atoms with Crippen LogP contribution in [-0.2, 0) is 19.0 Å². The Morgan fingerprint density at radius 1 is 1.02 bits per heavy atom. The van der Waals surface area contributed by atoms with E-state index in [4.69, 9.17) is 14.8 Å². The summed E-state index contributed by atoms with van der Waals surface area (Å²) < 4.78 is 49.9. The molecule has 0 atom stereocenters. The minimum absolute atomic E-state index is 0.187. The molecule has 0 amide bonds. The van der Waals surface area contributed by atoms with Gasteiger partial charge >= 0.3 is 6.18 Å². The predicted molar refractivity (Wildman–Crippen MR) is 150 cm³/mol. The molecule has 1 fully saturated rings. The predicted octanol–water partition coefficient (Wildman–Crippen LogP) is 6.42. The molecule has 1 aromatic carbocycles. The van der Waals surface area contributed by atoms with Gasteiger partial charge in [-0.2, -0.15) is 18.3 Å². The van der Waals surface area contributed by atoms with Crippen LogP contribution in [0.5, 0.6) is 5.88 Å². The number of benzene rings is 1. The Kier molecular flexibility index (Phi) is 6.07. The summed E-state index contributed by atoms with van der Waals surface area (Å²) in [6.07, 6.45) is 4.36. The van der Waals surface area contributed by atoms with Crippen LogP contribution in [0.1, 0.15) is 73.3 Å². The van der Waals surface area contributed by atoms with E-state index in [-0.39, 0.29) is 6.04 Å². The number of ether oxygens (including phenoxy) is 1. The number of halogens is 3. The topological polar surface area (TPSA) is 96.4 Å². The zero-order chi connectivity index (χ0) is 29.3. The van der Waals surface area contributed by atoms with Gasteiger partial charge in [-0.25, -0.2) is 29.6 Å². The van der Waals surface area contributed by atoms with Crippen LogP contribution < -0.4 is 4.74 Å². The molecule has 0 N–H and O–H groups in total. The van der Waals surface area contributed by atoms with Crippen molar-refractivity contribution in [1.82, 2.24) is 39.3 Å². The lowest BCUT2D eigenvalue weighted by Gasteiger charge is -2.16. The summed E-state index contributed by atoms with van der Waals surface area (Å²) in [5, 5.41) is 5.66. The maximum atomic E-state index is 13.6. The summed E-state index contributed by atoms with van der Waals surface area (Å²) in [5.74, 6) is 1.56. The molecule has 5 aromatic rings. The smallest absolute Gasteiger partial charge is 0.434 e. The average Bonchev–Trinajstić information content (AvgIpc) is 3.36. The number of aromatic nitrogens is 8. The van der Waals surface area contributed by atoms with Crippen molar-refractivity contribution in [2.24, 2.45) is 0 Å². The van der Waals surface area contributed by atoms with Crippen LogP contribution in [-0.4, -0.2) is 46.4 Å². The zero-order valence-corrected chi connectivity index (χ0v) is 23.7. The first kappa shape index (κ1) is 26.5. The number of aryl methyl sites for hydroxylation is 1. The van der Waals surface area contributed by atoms with E-state index in [2.05, 4.69) is 19.9 Å².